The van der Waals surface area contributed by atoms with Crippen LogP contribution in [0.5, 0.6) is 0 Å². The van der Waals surface area contributed by atoms with E-state index in [2.05, 4.69) is 0 Å². The number of hydrogen-bond acceptors (Lipinski definition) is 0. The van der Waals surface area contributed by atoms with Gasteiger partial charge < -0.3 is 0 Å². The summed E-state index contributed by atoms with van der Waals surface area (Å²) in [5, 5.41) is 0.236. The third-order valence-electron chi connectivity index (χ3n) is 2.39. The zero-order chi connectivity index (χ0) is 14.9. The van der Waals surface area contributed by atoms with E-state index in [1.165, 1.54) is 18.2 Å². The molecule has 2 rings (SSSR count). The molecule has 0 aliphatic heterocycles. The van der Waals surface area contributed by atoms with E-state index in [0.29, 0.717) is 11.1 Å². The first-order valence-corrected chi connectivity index (χ1v) is 7.41. The lowest BCUT2D eigenvalue weighted by Gasteiger charge is -2.33. The molecule has 6 heteroatoms. The first-order valence-electron chi connectivity index (χ1n) is 5.46. The summed E-state index contributed by atoms with van der Waals surface area (Å²) in [6.07, 6.45) is 0. The van der Waals surface area contributed by atoms with Crippen molar-refractivity contribution >= 4 is 10.2 Å². The lowest BCUT2D eigenvalue weighted by Crippen LogP contribution is -2.00. The summed E-state index contributed by atoms with van der Waals surface area (Å²) >= 11 is 0. The molecule has 0 fully saturated rings. The van der Waals surface area contributed by atoms with Crippen molar-refractivity contribution in [3.63, 3.8) is 0 Å². The Labute approximate surface area is 113 Å². The van der Waals surface area contributed by atoms with Crippen LogP contribution in [-0.2, 0) is 0 Å². The minimum absolute atomic E-state index is 0.0908. The average Bonchev–Trinajstić information content (AvgIpc) is 2.36. The predicted molar refractivity (Wildman–Crippen MR) is 71.9 cm³/mol. The molecule has 0 aliphatic rings. The van der Waals surface area contributed by atoms with Gasteiger partial charge in [-0.2, -0.15) is 0 Å². The van der Waals surface area contributed by atoms with E-state index in [1.807, 2.05) is 0 Å². The van der Waals surface area contributed by atoms with Crippen LogP contribution in [0.25, 0.3) is 11.1 Å². The Hall–Kier alpha value is -2.00. The fourth-order valence-corrected chi connectivity index (χ4v) is 1.92. The van der Waals surface area contributed by atoms with Crippen LogP contribution in [-0.4, -0.2) is 0 Å². The molecule has 0 atom stereocenters. The summed E-state index contributed by atoms with van der Waals surface area (Å²) in [7, 11) is -9.72. The first kappa shape index (κ1) is 14.4. The molecular weight excluding hydrogens is 295 g/mol. The molecule has 106 valence electrons. The van der Waals surface area contributed by atoms with Gasteiger partial charge in [-0.15, -0.1) is 0 Å². The Balaban J connectivity index is 2.55. The van der Waals surface area contributed by atoms with Gasteiger partial charge in [-0.05, 0) is 23.1 Å². The fourth-order valence-electron chi connectivity index (χ4n) is 1.61. The Morgan fingerprint density at radius 3 is 1.85 bits per heavy atom. The molecule has 0 saturated heterocycles. The summed E-state index contributed by atoms with van der Waals surface area (Å²) in [6.45, 7) is 0. The van der Waals surface area contributed by atoms with E-state index in [1.54, 1.807) is 42.3 Å². The molecule has 20 heavy (non-hydrogen) atoms. The molecule has 0 spiro atoms. The van der Waals surface area contributed by atoms with Gasteiger partial charge in [0, 0.05) is 5.56 Å². The molecule has 0 heterocycles. The molecule has 0 amide bonds. The number of halogens is 5. The van der Waals surface area contributed by atoms with Gasteiger partial charge in [-0.3, -0.25) is 0 Å². The zero-order valence-electron chi connectivity index (χ0n) is 9.99. The second-order valence-electron chi connectivity index (χ2n) is 4.11. The van der Waals surface area contributed by atoms with E-state index in [0.717, 1.165) is 0 Å². The van der Waals surface area contributed by atoms with Gasteiger partial charge in [0.15, 0.2) is 0 Å². The van der Waals surface area contributed by atoms with Gasteiger partial charge in [0.1, 0.15) is 0 Å². The summed E-state index contributed by atoms with van der Waals surface area (Å²) in [4.78, 5) is 0. The maximum atomic E-state index is 12.3. The summed E-state index contributed by atoms with van der Waals surface area (Å²) in [6, 6.07) is 14.3. The molecule has 0 nitrogen and oxygen atoms in total. The van der Waals surface area contributed by atoms with Crippen LogP contribution >= 0.6 is 10.2 Å². The lowest BCUT2D eigenvalue weighted by atomic mass is 10.0. The van der Waals surface area contributed by atoms with Gasteiger partial charge >= 0.3 is 10.2 Å². The van der Waals surface area contributed by atoms with Gasteiger partial charge in [0.25, 0.3) is 0 Å². The standard InChI is InChI=1S/C14H9F5S/c15-20(16,17,18,19)11-10-13-8-4-5-9-14(13)12-6-2-1-3-7-12/h1-9H. The third-order valence-corrected chi connectivity index (χ3v) is 2.88. The number of benzene rings is 2. The van der Waals surface area contributed by atoms with Crippen LogP contribution in [0, 0.1) is 11.2 Å². The number of rotatable bonds is 1. The molecule has 0 saturated carbocycles. The van der Waals surface area contributed by atoms with E-state index >= 15 is 0 Å². The molecule has 0 aliphatic carbocycles. The van der Waals surface area contributed by atoms with Crippen LogP contribution in [0.3, 0.4) is 0 Å². The lowest BCUT2D eigenvalue weighted by molar-refractivity contribution is 0.389. The quantitative estimate of drug-likeness (QED) is 0.450. The topological polar surface area (TPSA) is 0 Å². The maximum Gasteiger partial charge on any atom is 0.345 e. The molecule has 2 aromatic carbocycles. The molecule has 0 unspecified atom stereocenters. The fraction of sp³-hybridized carbons (Fsp3) is 0. The molecule has 2 aromatic rings. The van der Waals surface area contributed by atoms with E-state index in [-0.39, 0.29) is 10.8 Å². The van der Waals surface area contributed by atoms with Crippen molar-refractivity contribution in [1.29, 1.82) is 0 Å². The highest BCUT2D eigenvalue weighted by Crippen LogP contribution is 2.97. The third kappa shape index (κ3) is 4.28. The van der Waals surface area contributed by atoms with Gasteiger partial charge in [0.05, 0.1) is 5.25 Å². The van der Waals surface area contributed by atoms with Crippen LogP contribution in [0.4, 0.5) is 19.4 Å². The smallest absolute Gasteiger partial charge is 0.0873 e. The van der Waals surface area contributed by atoms with E-state index in [9.17, 15) is 19.4 Å². The zero-order valence-corrected chi connectivity index (χ0v) is 10.8. The van der Waals surface area contributed by atoms with Gasteiger partial charge in [-0.25, -0.2) is 0 Å². The molecule has 0 bridgehead atoms. The molecular formula is C14H9F5S. The maximum absolute atomic E-state index is 12.3. The van der Waals surface area contributed by atoms with Crippen molar-refractivity contribution in [2.45, 2.75) is 0 Å². The highest BCUT2D eigenvalue weighted by molar-refractivity contribution is 8.49. The van der Waals surface area contributed by atoms with Crippen LogP contribution < -0.4 is 0 Å². The largest absolute Gasteiger partial charge is 0.345 e. The molecule has 0 aromatic heterocycles. The summed E-state index contributed by atoms with van der Waals surface area (Å²) < 4.78 is 61.3. The van der Waals surface area contributed by atoms with Crippen molar-refractivity contribution in [1.82, 2.24) is 0 Å². The van der Waals surface area contributed by atoms with Gasteiger partial charge in [-0.1, -0.05) is 68.0 Å². The average molecular weight is 304 g/mol. The highest BCUT2D eigenvalue weighted by atomic mass is 32.5. The Morgan fingerprint density at radius 1 is 0.700 bits per heavy atom. The Bertz CT molecular complexity index is 693. The summed E-state index contributed by atoms with van der Waals surface area (Å²) in [5.41, 5.74) is 0.897. The van der Waals surface area contributed by atoms with Crippen molar-refractivity contribution in [2.24, 2.45) is 0 Å². The van der Waals surface area contributed by atoms with Crippen LogP contribution in [0.15, 0.2) is 54.6 Å². The van der Waals surface area contributed by atoms with E-state index in [4.69, 9.17) is 0 Å². The minimum Gasteiger partial charge on any atom is -0.0873 e. The predicted octanol–water partition coefficient (Wildman–Crippen LogP) is 5.96. The number of hydrogen-bond donors (Lipinski definition) is 0. The Morgan fingerprint density at radius 2 is 1.25 bits per heavy atom. The van der Waals surface area contributed by atoms with Gasteiger partial charge in [0.2, 0.25) is 0 Å². The Kier molecular flexibility index (Phi) is 2.88. The molecule has 0 N–H and O–H groups in total. The summed E-state index contributed by atoms with van der Waals surface area (Å²) in [5.74, 6) is 1.56. The highest BCUT2D eigenvalue weighted by Gasteiger charge is 2.62. The van der Waals surface area contributed by atoms with Crippen LogP contribution in [0.1, 0.15) is 5.56 Å². The van der Waals surface area contributed by atoms with Crippen LogP contribution in [0.2, 0.25) is 0 Å². The van der Waals surface area contributed by atoms with Crippen molar-refractivity contribution in [3.05, 3.63) is 60.2 Å². The minimum atomic E-state index is -9.72. The monoisotopic (exact) mass is 304 g/mol. The molecule has 0 radical (unpaired) electrons. The first-order chi connectivity index (χ1) is 9.04. The van der Waals surface area contributed by atoms with Crippen molar-refractivity contribution in [3.8, 4) is 22.3 Å². The normalized spacial score (nSPS) is 14.7. The van der Waals surface area contributed by atoms with Crippen molar-refractivity contribution < 1.29 is 19.4 Å². The van der Waals surface area contributed by atoms with Crippen molar-refractivity contribution in [2.75, 3.05) is 0 Å². The SMILES string of the molecule is FS(F)(F)(F)(F)C#Cc1ccccc1-c1ccccc1. The van der Waals surface area contributed by atoms with E-state index < -0.39 is 10.2 Å². The second-order valence-corrected chi connectivity index (χ2v) is 6.25. The second kappa shape index (κ2) is 4.00.